The fraction of sp³-hybridized carbons (Fsp3) is 0.263. The summed E-state index contributed by atoms with van der Waals surface area (Å²) >= 11 is 0. The van der Waals surface area contributed by atoms with Gasteiger partial charge in [0.2, 0.25) is 11.7 Å². The zero-order chi connectivity index (χ0) is 18.8. The first-order chi connectivity index (χ1) is 13.1. The number of carbonyl (C=O) groups is 1. The number of aromatic nitrogens is 3. The Morgan fingerprint density at radius 1 is 1.29 bits per heavy atom. The molecule has 1 aliphatic rings. The summed E-state index contributed by atoms with van der Waals surface area (Å²) in [5, 5.41) is 7.11. The fourth-order valence-electron chi connectivity index (χ4n) is 3.09. The molecule has 146 valence electrons. The van der Waals surface area contributed by atoms with Gasteiger partial charge in [-0.05, 0) is 23.8 Å². The van der Waals surface area contributed by atoms with Crippen molar-refractivity contribution in [3.63, 3.8) is 0 Å². The summed E-state index contributed by atoms with van der Waals surface area (Å²) < 4.78 is 18.4. The van der Waals surface area contributed by atoms with Crippen LogP contribution in [-0.2, 0) is 19.4 Å². The average molecular weight is 405 g/mol. The van der Waals surface area contributed by atoms with Crippen LogP contribution in [0.2, 0.25) is 0 Å². The van der Waals surface area contributed by atoms with E-state index < -0.39 is 5.82 Å². The number of carbonyl (C=O) groups excluding carboxylic acids is 1. The molecule has 0 radical (unpaired) electrons. The number of aryl methyl sites for hydroxylation is 1. The van der Waals surface area contributed by atoms with E-state index in [1.807, 2.05) is 0 Å². The summed E-state index contributed by atoms with van der Waals surface area (Å²) in [6.07, 6.45) is 1.09. The smallest absolute Gasteiger partial charge is 0.259 e. The Balaban J connectivity index is 0.00000225. The van der Waals surface area contributed by atoms with Crippen LogP contribution in [0.25, 0.3) is 11.4 Å². The number of fused-ring (bicyclic) bond motifs is 1. The molecule has 0 aliphatic carbocycles. The molecule has 1 aliphatic heterocycles. The van der Waals surface area contributed by atoms with Gasteiger partial charge in [0.05, 0.1) is 5.56 Å². The number of benzene rings is 1. The molecule has 0 spiro atoms. The maximum Gasteiger partial charge on any atom is 0.259 e. The number of halogens is 2. The van der Waals surface area contributed by atoms with Crippen LogP contribution in [0.3, 0.4) is 0 Å². The lowest BCUT2D eigenvalue weighted by Crippen LogP contribution is -2.27. The van der Waals surface area contributed by atoms with E-state index in [0.29, 0.717) is 17.7 Å². The van der Waals surface area contributed by atoms with E-state index >= 15 is 0 Å². The highest BCUT2D eigenvalue weighted by Gasteiger charge is 2.18. The van der Waals surface area contributed by atoms with Crippen molar-refractivity contribution in [2.45, 2.75) is 25.8 Å². The first-order valence-corrected chi connectivity index (χ1v) is 8.67. The third kappa shape index (κ3) is 4.18. The molecule has 4 rings (SSSR count). The number of hydrogen-bond donors (Lipinski definition) is 2. The number of H-pyrrole nitrogens is 1. The number of nitrogens with zero attached hydrogens (tertiary/aromatic N) is 2. The maximum absolute atomic E-state index is 13.2. The molecule has 0 unspecified atom stereocenters. The van der Waals surface area contributed by atoms with Gasteiger partial charge in [0.25, 0.3) is 5.56 Å². The topological polar surface area (TPSA) is 101 Å². The maximum atomic E-state index is 13.2. The Hall–Kier alpha value is -2.84. The number of rotatable bonds is 5. The van der Waals surface area contributed by atoms with Gasteiger partial charge >= 0.3 is 0 Å². The van der Waals surface area contributed by atoms with E-state index in [1.54, 1.807) is 12.1 Å². The van der Waals surface area contributed by atoms with Crippen LogP contribution in [0, 0.1) is 5.82 Å². The molecule has 2 N–H and O–H groups in total. The van der Waals surface area contributed by atoms with Gasteiger partial charge in [0.1, 0.15) is 5.82 Å². The average Bonchev–Trinajstić information content (AvgIpc) is 3.14. The van der Waals surface area contributed by atoms with Crippen LogP contribution in [0.4, 0.5) is 4.39 Å². The molecule has 2 aromatic heterocycles. The van der Waals surface area contributed by atoms with Gasteiger partial charge in [-0.25, -0.2) is 4.39 Å². The predicted molar refractivity (Wildman–Crippen MR) is 102 cm³/mol. The summed E-state index contributed by atoms with van der Waals surface area (Å²) in [5.74, 6) is -0.225. The van der Waals surface area contributed by atoms with Crippen molar-refractivity contribution >= 4 is 18.2 Å². The van der Waals surface area contributed by atoms with Gasteiger partial charge in [0.15, 0.2) is 5.78 Å². The van der Waals surface area contributed by atoms with Gasteiger partial charge in [-0.2, -0.15) is 4.98 Å². The van der Waals surface area contributed by atoms with Crippen molar-refractivity contribution < 1.29 is 13.7 Å². The fourth-order valence-corrected chi connectivity index (χ4v) is 3.09. The quantitative estimate of drug-likeness (QED) is 0.633. The summed E-state index contributed by atoms with van der Waals surface area (Å²) in [7, 11) is 0. The molecule has 3 aromatic rings. The Kier molecular flexibility index (Phi) is 6.01. The molecule has 0 saturated carbocycles. The van der Waals surface area contributed by atoms with Gasteiger partial charge in [-0.15, -0.1) is 12.4 Å². The largest absolute Gasteiger partial charge is 0.339 e. The normalized spacial score (nSPS) is 12.9. The van der Waals surface area contributed by atoms with Crippen LogP contribution >= 0.6 is 12.4 Å². The van der Waals surface area contributed by atoms with Gasteiger partial charge < -0.3 is 14.8 Å². The van der Waals surface area contributed by atoms with Crippen molar-refractivity contribution in [1.82, 2.24) is 20.4 Å². The first-order valence-electron chi connectivity index (χ1n) is 8.67. The van der Waals surface area contributed by atoms with Crippen LogP contribution in [0.1, 0.15) is 33.9 Å². The predicted octanol–water partition coefficient (Wildman–Crippen LogP) is 2.45. The first kappa shape index (κ1) is 19.9. The van der Waals surface area contributed by atoms with E-state index in [-0.39, 0.29) is 48.3 Å². The van der Waals surface area contributed by atoms with E-state index in [0.717, 1.165) is 24.2 Å². The third-order valence-electron chi connectivity index (χ3n) is 4.50. The summed E-state index contributed by atoms with van der Waals surface area (Å²) in [6, 6.07) is 7.30. The number of ketones is 1. The van der Waals surface area contributed by atoms with Crippen LogP contribution in [0.15, 0.2) is 39.6 Å². The lowest BCUT2D eigenvalue weighted by atomic mass is 10.0. The molecule has 7 nitrogen and oxygen atoms in total. The summed E-state index contributed by atoms with van der Waals surface area (Å²) in [6.45, 7) is 1.50. The van der Waals surface area contributed by atoms with Crippen molar-refractivity contribution in [2.75, 3.05) is 6.54 Å². The number of Topliss-reactive ketones (excluding diaryl/α,β-unsaturated/α-hetero) is 1. The zero-order valence-electron chi connectivity index (χ0n) is 14.8. The molecule has 0 bridgehead atoms. The highest BCUT2D eigenvalue weighted by atomic mass is 35.5. The van der Waals surface area contributed by atoms with E-state index in [1.165, 1.54) is 18.2 Å². The minimum absolute atomic E-state index is 0. The highest BCUT2D eigenvalue weighted by molar-refractivity contribution is 5.96. The second-order valence-electron chi connectivity index (χ2n) is 6.39. The van der Waals surface area contributed by atoms with Crippen molar-refractivity contribution in [1.29, 1.82) is 0 Å². The minimum atomic E-state index is -0.456. The van der Waals surface area contributed by atoms with E-state index in [2.05, 4.69) is 20.4 Å². The number of pyridine rings is 1. The zero-order valence-corrected chi connectivity index (χ0v) is 15.6. The summed E-state index contributed by atoms with van der Waals surface area (Å²) in [4.78, 5) is 31.5. The number of nitrogens with one attached hydrogen (secondary N) is 2. The van der Waals surface area contributed by atoms with Crippen molar-refractivity contribution in [2.24, 2.45) is 0 Å². The van der Waals surface area contributed by atoms with Crippen LogP contribution < -0.4 is 10.9 Å². The number of aromatic amines is 1. The molecule has 0 amide bonds. The summed E-state index contributed by atoms with van der Waals surface area (Å²) in [5.41, 5.74) is 2.30. The lowest BCUT2D eigenvalue weighted by Gasteiger charge is -2.16. The SMILES string of the molecule is Cl.O=C(CCc1nc(-c2cc3c([nH]c2=O)CCNC3)no1)c1cccc(F)c1. The highest BCUT2D eigenvalue weighted by Crippen LogP contribution is 2.18. The molecule has 0 fully saturated rings. The van der Waals surface area contributed by atoms with E-state index in [9.17, 15) is 14.0 Å². The second-order valence-corrected chi connectivity index (χ2v) is 6.39. The third-order valence-corrected chi connectivity index (χ3v) is 4.50. The molecule has 3 heterocycles. The van der Waals surface area contributed by atoms with Gasteiger partial charge in [-0.3, -0.25) is 9.59 Å². The van der Waals surface area contributed by atoms with Crippen LogP contribution in [-0.4, -0.2) is 27.5 Å². The van der Waals surface area contributed by atoms with Crippen LogP contribution in [0.5, 0.6) is 0 Å². The Bertz CT molecular complexity index is 1060. The molecule has 9 heteroatoms. The molecule has 0 saturated heterocycles. The lowest BCUT2D eigenvalue weighted by molar-refractivity contribution is 0.0979. The van der Waals surface area contributed by atoms with E-state index in [4.69, 9.17) is 4.52 Å². The van der Waals surface area contributed by atoms with Gasteiger partial charge in [-0.1, -0.05) is 17.3 Å². The second kappa shape index (κ2) is 8.45. The molecule has 0 atom stereocenters. The van der Waals surface area contributed by atoms with Gasteiger partial charge in [0, 0.05) is 43.6 Å². The number of hydrogen-bond acceptors (Lipinski definition) is 6. The molecular formula is C19H18ClFN4O3. The Labute approximate surface area is 165 Å². The molecule has 28 heavy (non-hydrogen) atoms. The van der Waals surface area contributed by atoms with Crippen molar-refractivity contribution in [3.8, 4) is 11.4 Å². The monoisotopic (exact) mass is 404 g/mol. The molecule has 1 aromatic carbocycles. The standard InChI is InChI=1S/C19H17FN4O3.ClH/c20-13-3-1-2-11(8-13)16(25)4-5-17-23-18(24-27-17)14-9-12-10-21-7-6-15(12)22-19(14)26;/h1-3,8-9,21H,4-7,10H2,(H,22,26);1H. The minimum Gasteiger partial charge on any atom is -0.339 e. The Morgan fingerprint density at radius 3 is 2.96 bits per heavy atom. The molecular weight excluding hydrogens is 387 g/mol. The van der Waals surface area contributed by atoms with Crippen molar-refractivity contribution in [3.05, 3.63) is 69.2 Å². The Morgan fingerprint density at radius 2 is 2.14 bits per heavy atom.